The third-order valence-electron chi connectivity index (χ3n) is 4.89. The van der Waals surface area contributed by atoms with E-state index in [0.717, 1.165) is 25.9 Å². The summed E-state index contributed by atoms with van der Waals surface area (Å²) in [6.07, 6.45) is 2.48. The number of halogens is 2. The van der Waals surface area contributed by atoms with Crippen molar-refractivity contribution >= 4 is 60.8 Å². The van der Waals surface area contributed by atoms with E-state index in [9.17, 15) is 4.79 Å². The van der Waals surface area contributed by atoms with Gasteiger partial charge in [-0.05, 0) is 60.2 Å². The lowest BCUT2D eigenvalue weighted by Gasteiger charge is -2.03. The van der Waals surface area contributed by atoms with Crippen LogP contribution >= 0.6 is 38.9 Å². The first-order valence-corrected chi connectivity index (χ1v) is 11.7. The molecule has 2 aromatic heterocycles. The van der Waals surface area contributed by atoms with Gasteiger partial charge in [-0.15, -0.1) is 11.3 Å². The highest BCUT2D eigenvalue weighted by Gasteiger charge is 2.15. The Labute approximate surface area is 201 Å². The maximum atomic E-state index is 12.9. The molecule has 8 heteroatoms. The predicted molar refractivity (Wildman–Crippen MR) is 131 cm³/mol. The smallest absolute Gasteiger partial charge is 0.257 e. The van der Waals surface area contributed by atoms with Crippen LogP contribution in [0.2, 0.25) is 5.02 Å². The molecule has 2 heterocycles. The van der Waals surface area contributed by atoms with Gasteiger partial charge in [-0.3, -0.25) is 10.1 Å². The molecule has 3 aromatic carbocycles. The molecule has 0 unspecified atom stereocenters. The van der Waals surface area contributed by atoms with Crippen LogP contribution < -0.4 is 5.32 Å². The summed E-state index contributed by atoms with van der Waals surface area (Å²) in [5.41, 5.74) is 3.18. The fourth-order valence-corrected chi connectivity index (χ4v) is 4.68. The summed E-state index contributed by atoms with van der Waals surface area (Å²) in [5.74, 6) is 0.388. The predicted octanol–water partition coefficient (Wildman–Crippen LogP) is 7.21. The number of nitrogens with one attached hydrogen (secondary N) is 1. The van der Waals surface area contributed by atoms with Crippen LogP contribution in [0.3, 0.4) is 0 Å². The zero-order valence-electron chi connectivity index (χ0n) is 16.5. The molecule has 0 aliphatic heterocycles. The number of aromatic nitrogens is 2. The average molecular weight is 525 g/mol. The SMILES string of the molecule is O=C(Nc1ncc(Cc2cccc(Cl)c2)s1)c1ccc2noc(-c3ccc(Br)cc3)c2c1. The molecule has 5 nitrogen and oxygen atoms in total. The summed E-state index contributed by atoms with van der Waals surface area (Å²) in [7, 11) is 0. The van der Waals surface area contributed by atoms with Crippen molar-refractivity contribution in [3.8, 4) is 11.3 Å². The van der Waals surface area contributed by atoms with Gasteiger partial charge in [-0.2, -0.15) is 0 Å². The molecule has 0 saturated carbocycles. The van der Waals surface area contributed by atoms with Crippen LogP contribution in [0.1, 0.15) is 20.8 Å². The number of amides is 1. The second kappa shape index (κ2) is 8.86. The molecule has 0 fully saturated rings. The van der Waals surface area contributed by atoms with E-state index in [1.807, 2.05) is 48.5 Å². The lowest BCUT2D eigenvalue weighted by atomic mass is 10.1. The Hall–Kier alpha value is -3.00. The number of thiazole rings is 1. The Bertz CT molecular complexity index is 1430. The van der Waals surface area contributed by atoms with Gasteiger partial charge in [0.15, 0.2) is 10.9 Å². The largest absolute Gasteiger partial charge is 0.355 e. The molecule has 5 rings (SSSR count). The minimum Gasteiger partial charge on any atom is -0.355 e. The van der Waals surface area contributed by atoms with E-state index in [1.54, 1.807) is 24.4 Å². The number of nitrogens with zero attached hydrogens (tertiary/aromatic N) is 2. The molecule has 32 heavy (non-hydrogen) atoms. The first kappa shape index (κ1) is 20.9. The molecular formula is C24H15BrClN3O2S. The molecule has 0 bridgehead atoms. The van der Waals surface area contributed by atoms with E-state index in [2.05, 4.69) is 31.4 Å². The summed E-state index contributed by atoms with van der Waals surface area (Å²) in [4.78, 5) is 18.2. The van der Waals surface area contributed by atoms with Gasteiger partial charge >= 0.3 is 0 Å². The number of carbonyl (C=O) groups excluding carboxylic acids is 1. The van der Waals surface area contributed by atoms with Crippen molar-refractivity contribution in [3.05, 3.63) is 98.4 Å². The Morgan fingerprint density at radius 1 is 1.09 bits per heavy atom. The third-order valence-corrected chi connectivity index (χ3v) is 6.56. The van der Waals surface area contributed by atoms with Crippen molar-refractivity contribution in [2.45, 2.75) is 6.42 Å². The summed E-state index contributed by atoms with van der Waals surface area (Å²) in [5, 5.41) is 9.02. The molecule has 1 amide bonds. The van der Waals surface area contributed by atoms with Gasteiger partial charge in [-0.1, -0.05) is 44.8 Å². The van der Waals surface area contributed by atoms with Gasteiger partial charge in [0, 0.05) is 38.1 Å². The van der Waals surface area contributed by atoms with Gasteiger partial charge in [0.2, 0.25) is 0 Å². The quantitative estimate of drug-likeness (QED) is 0.264. The van der Waals surface area contributed by atoms with Gasteiger partial charge in [0.1, 0.15) is 5.52 Å². The number of anilines is 1. The monoisotopic (exact) mass is 523 g/mol. The highest BCUT2D eigenvalue weighted by molar-refractivity contribution is 9.10. The van der Waals surface area contributed by atoms with E-state index < -0.39 is 0 Å². The Kier molecular flexibility index (Phi) is 5.78. The molecule has 0 spiro atoms. The molecule has 0 aliphatic carbocycles. The fraction of sp³-hybridized carbons (Fsp3) is 0.0417. The first-order chi connectivity index (χ1) is 15.5. The van der Waals surface area contributed by atoms with Crippen molar-refractivity contribution in [1.82, 2.24) is 10.1 Å². The Balaban J connectivity index is 1.35. The number of rotatable bonds is 5. The van der Waals surface area contributed by atoms with E-state index in [-0.39, 0.29) is 5.91 Å². The number of fused-ring (bicyclic) bond motifs is 1. The number of carbonyl (C=O) groups is 1. The fourth-order valence-electron chi connectivity index (χ4n) is 3.36. The van der Waals surface area contributed by atoms with Gasteiger partial charge < -0.3 is 4.52 Å². The minimum absolute atomic E-state index is 0.237. The average Bonchev–Trinajstić information content (AvgIpc) is 3.40. The normalized spacial score (nSPS) is 11.1. The molecular weight excluding hydrogens is 510 g/mol. The molecule has 0 atom stereocenters. The van der Waals surface area contributed by atoms with Crippen molar-refractivity contribution in [2.24, 2.45) is 0 Å². The van der Waals surface area contributed by atoms with Gasteiger partial charge in [-0.25, -0.2) is 4.98 Å². The van der Waals surface area contributed by atoms with Crippen LogP contribution in [0.4, 0.5) is 5.13 Å². The number of hydrogen-bond donors (Lipinski definition) is 1. The highest BCUT2D eigenvalue weighted by Crippen LogP contribution is 2.31. The third kappa shape index (κ3) is 4.46. The molecule has 0 aliphatic rings. The number of hydrogen-bond acceptors (Lipinski definition) is 5. The van der Waals surface area contributed by atoms with Gasteiger partial charge in [0.05, 0.1) is 5.39 Å². The van der Waals surface area contributed by atoms with Crippen LogP contribution in [0.5, 0.6) is 0 Å². The lowest BCUT2D eigenvalue weighted by molar-refractivity contribution is 0.102. The Morgan fingerprint density at radius 2 is 1.94 bits per heavy atom. The maximum absolute atomic E-state index is 12.9. The van der Waals surface area contributed by atoms with E-state index in [4.69, 9.17) is 16.1 Å². The Morgan fingerprint density at radius 3 is 2.75 bits per heavy atom. The molecule has 1 N–H and O–H groups in total. The first-order valence-electron chi connectivity index (χ1n) is 9.71. The minimum atomic E-state index is -0.237. The van der Waals surface area contributed by atoms with E-state index >= 15 is 0 Å². The summed E-state index contributed by atoms with van der Waals surface area (Å²) >= 11 is 10.9. The van der Waals surface area contributed by atoms with Crippen molar-refractivity contribution < 1.29 is 9.32 Å². The van der Waals surface area contributed by atoms with Crippen LogP contribution in [-0.4, -0.2) is 16.0 Å². The second-order valence-electron chi connectivity index (χ2n) is 7.14. The van der Waals surface area contributed by atoms with Crippen LogP contribution in [0.25, 0.3) is 22.2 Å². The zero-order valence-corrected chi connectivity index (χ0v) is 19.7. The van der Waals surface area contributed by atoms with E-state index in [0.29, 0.717) is 33.4 Å². The second-order valence-corrected chi connectivity index (χ2v) is 9.61. The summed E-state index contributed by atoms with van der Waals surface area (Å²) in [6, 6.07) is 20.8. The lowest BCUT2D eigenvalue weighted by Crippen LogP contribution is -2.11. The maximum Gasteiger partial charge on any atom is 0.257 e. The summed E-state index contributed by atoms with van der Waals surface area (Å²) in [6.45, 7) is 0. The molecule has 0 radical (unpaired) electrons. The van der Waals surface area contributed by atoms with Crippen LogP contribution in [0.15, 0.2) is 81.9 Å². The highest BCUT2D eigenvalue weighted by atomic mass is 79.9. The molecule has 0 saturated heterocycles. The van der Waals surface area contributed by atoms with Crippen molar-refractivity contribution in [1.29, 1.82) is 0 Å². The van der Waals surface area contributed by atoms with Gasteiger partial charge in [0.25, 0.3) is 5.91 Å². The van der Waals surface area contributed by atoms with E-state index in [1.165, 1.54) is 11.3 Å². The number of benzene rings is 3. The van der Waals surface area contributed by atoms with Crippen molar-refractivity contribution in [2.75, 3.05) is 5.32 Å². The van der Waals surface area contributed by atoms with Crippen molar-refractivity contribution in [3.63, 3.8) is 0 Å². The van der Waals surface area contributed by atoms with Crippen LogP contribution in [0, 0.1) is 0 Å². The summed E-state index contributed by atoms with van der Waals surface area (Å²) < 4.78 is 6.52. The standard InChI is InChI=1S/C24H15BrClN3O2S/c25-17-7-4-15(5-8-17)22-20-12-16(6-9-21(20)29-31-22)23(30)28-24-27-13-19(32-24)11-14-2-1-3-18(26)10-14/h1-10,12-13H,11H2,(H,27,28,30). The molecule has 158 valence electrons. The topological polar surface area (TPSA) is 68.0 Å². The molecule has 5 aromatic rings. The zero-order chi connectivity index (χ0) is 22.1. The van der Waals surface area contributed by atoms with Crippen LogP contribution in [-0.2, 0) is 6.42 Å².